The molecule has 1 aliphatic heterocycles. The molecule has 3 aromatic carbocycles. The lowest BCUT2D eigenvalue weighted by atomic mass is 9.48. The quantitative estimate of drug-likeness (QED) is 0.211. The molecule has 0 atom stereocenters. The first-order chi connectivity index (χ1) is 21.2. The van der Waals surface area contributed by atoms with Gasteiger partial charge in [-0.3, -0.25) is 14.9 Å². The van der Waals surface area contributed by atoms with E-state index in [1.54, 1.807) is 12.1 Å². The summed E-state index contributed by atoms with van der Waals surface area (Å²) in [5, 5.41) is 2.34. The number of imide groups is 2. The Morgan fingerprint density at radius 2 is 1.64 bits per heavy atom. The molecule has 3 aromatic rings. The molecule has 226 valence electrons. The monoisotopic (exact) mass is 654 g/mol. The van der Waals surface area contributed by atoms with E-state index in [0.717, 1.165) is 33.8 Å². The molecule has 5 fully saturated rings. The summed E-state index contributed by atoms with van der Waals surface area (Å²) in [6, 6.07) is 18.6. The summed E-state index contributed by atoms with van der Waals surface area (Å²) >= 11 is 3.56. The van der Waals surface area contributed by atoms with Gasteiger partial charge in [-0.1, -0.05) is 42.0 Å². The number of amides is 4. The highest BCUT2D eigenvalue weighted by Gasteiger charge is 2.51. The summed E-state index contributed by atoms with van der Waals surface area (Å²) < 4.78 is 12.3. The van der Waals surface area contributed by atoms with E-state index in [1.165, 1.54) is 57.3 Å². The summed E-state index contributed by atoms with van der Waals surface area (Å²) in [4.78, 5) is 40.5. The maximum absolute atomic E-state index is 13.7. The largest absolute Gasteiger partial charge is 0.493 e. The lowest BCUT2D eigenvalue weighted by Gasteiger charge is -2.57. The van der Waals surface area contributed by atoms with Gasteiger partial charge in [0, 0.05) is 0 Å². The second kappa shape index (κ2) is 11.2. The second-order valence-corrected chi connectivity index (χ2v) is 13.9. The maximum atomic E-state index is 13.7. The number of ether oxygens (including phenoxy) is 2. The smallest absolute Gasteiger partial charge is 0.335 e. The van der Waals surface area contributed by atoms with Crippen LogP contribution in [0, 0.1) is 24.7 Å². The van der Waals surface area contributed by atoms with Crippen LogP contribution >= 0.6 is 15.9 Å². The Labute approximate surface area is 265 Å². The minimum Gasteiger partial charge on any atom is -0.493 e. The fraction of sp³-hybridized carbons (Fsp3) is 0.361. The van der Waals surface area contributed by atoms with Crippen molar-refractivity contribution in [2.75, 3.05) is 12.0 Å². The molecule has 5 aliphatic rings. The lowest BCUT2D eigenvalue weighted by molar-refractivity contribution is -0.122. The Morgan fingerprint density at radius 3 is 2.27 bits per heavy atom. The van der Waals surface area contributed by atoms with Crippen LogP contribution in [0.3, 0.4) is 0 Å². The zero-order chi connectivity index (χ0) is 30.6. The van der Waals surface area contributed by atoms with Crippen molar-refractivity contribution in [3.8, 4) is 11.5 Å². The van der Waals surface area contributed by atoms with Crippen molar-refractivity contribution in [3.05, 3.63) is 93.0 Å². The van der Waals surface area contributed by atoms with E-state index in [4.69, 9.17) is 9.47 Å². The second-order valence-electron chi connectivity index (χ2n) is 13.0. The van der Waals surface area contributed by atoms with Gasteiger partial charge in [0.2, 0.25) is 0 Å². The molecule has 8 heteroatoms. The van der Waals surface area contributed by atoms with Gasteiger partial charge < -0.3 is 9.47 Å². The minimum atomic E-state index is -0.752. The molecular weight excluding hydrogens is 620 g/mol. The lowest BCUT2D eigenvalue weighted by Crippen LogP contribution is -2.54. The molecule has 1 heterocycles. The van der Waals surface area contributed by atoms with E-state index in [9.17, 15) is 14.4 Å². The number of carbonyl (C=O) groups excluding carboxylic acids is 3. The fourth-order valence-corrected chi connectivity index (χ4v) is 8.98. The number of nitrogens with zero attached hydrogens (tertiary/aromatic N) is 1. The van der Waals surface area contributed by atoms with Gasteiger partial charge in [-0.2, -0.15) is 0 Å². The van der Waals surface area contributed by atoms with E-state index in [2.05, 4.69) is 39.4 Å². The van der Waals surface area contributed by atoms with Crippen molar-refractivity contribution in [2.24, 2.45) is 17.8 Å². The van der Waals surface area contributed by atoms with Crippen molar-refractivity contribution in [3.63, 3.8) is 0 Å². The fourth-order valence-electron chi connectivity index (χ4n) is 8.41. The van der Waals surface area contributed by atoms with Gasteiger partial charge in [0.15, 0.2) is 11.5 Å². The van der Waals surface area contributed by atoms with Crippen molar-refractivity contribution in [1.29, 1.82) is 0 Å². The van der Waals surface area contributed by atoms with Gasteiger partial charge in [-0.05, 0) is 132 Å². The molecule has 0 aromatic heterocycles. The van der Waals surface area contributed by atoms with Gasteiger partial charge in [0.05, 0.1) is 17.3 Å². The molecule has 4 bridgehead atoms. The van der Waals surface area contributed by atoms with E-state index < -0.39 is 17.8 Å². The van der Waals surface area contributed by atoms with E-state index >= 15 is 0 Å². The van der Waals surface area contributed by atoms with Gasteiger partial charge >= 0.3 is 6.03 Å². The van der Waals surface area contributed by atoms with Crippen LogP contribution in [0.5, 0.6) is 11.5 Å². The number of halogens is 1. The number of carbonyl (C=O) groups is 3. The normalized spacial score (nSPS) is 26.7. The third-order valence-electron chi connectivity index (χ3n) is 9.91. The summed E-state index contributed by atoms with van der Waals surface area (Å²) in [5.74, 6) is 2.00. The molecule has 7 nitrogen and oxygen atoms in total. The predicted molar refractivity (Wildman–Crippen MR) is 171 cm³/mol. The minimum absolute atomic E-state index is 0.142. The Kier molecular flexibility index (Phi) is 7.35. The number of nitrogens with one attached hydrogen (secondary N) is 1. The number of urea groups is 1. The van der Waals surface area contributed by atoms with Crippen molar-refractivity contribution in [1.82, 2.24) is 5.32 Å². The average molecular weight is 656 g/mol. The molecule has 0 radical (unpaired) electrons. The van der Waals surface area contributed by atoms with Gasteiger partial charge in [0.25, 0.3) is 11.8 Å². The van der Waals surface area contributed by atoms with Crippen LogP contribution in [0.4, 0.5) is 10.5 Å². The summed E-state index contributed by atoms with van der Waals surface area (Å²) in [6.45, 7) is 2.37. The molecule has 0 spiro atoms. The van der Waals surface area contributed by atoms with Crippen LogP contribution in [0.15, 0.2) is 70.7 Å². The highest BCUT2D eigenvalue weighted by Crippen LogP contribution is 2.60. The molecule has 0 unspecified atom stereocenters. The van der Waals surface area contributed by atoms with Gasteiger partial charge in [0.1, 0.15) is 12.2 Å². The molecule has 4 amide bonds. The number of aryl methyl sites for hydroxylation is 1. The first-order valence-corrected chi connectivity index (χ1v) is 16.1. The van der Waals surface area contributed by atoms with E-state index in [-0.39, 0.29) is 11.0 Å². The Balaban J connectivity index is 1.13. The molecule has 4 aliphatic carbocycles. The van der Waals surface area contributed by atoms with Crippen LogP contribution in [-0.2, 0) is 21.6 Å². The molecule has 4 saturated carbocycles. The molecular formula is C36H35BrN2O5. The zero-order valence-corrected chi connectivity index (χ0v) is 26.5. The Hall–Kier alpha value is -3.91. The number of anilines is 1. The standard InChI is InChI=1S/C36H35BrN2O5/c1-21-4-3-5-22(10-21)20-44-32-30(37)15-23(16-31(32)43-2)14-29-33(40)38-35(42)39(34(29)41)28-8-6-27(7-9-28)36-17-24-11-25(18-36)13-26(12-24)19-36/h3-10,14-16,24-26H,11-13,17-20H2,1-2H3,(H,38,40,42)/b29-14+. The highest BCUT2D eigenvalue weighted by atomic mass is 79.9. The third-order valence-corrected chi connectivity index (χ3v) is 10.5. The van der Waals surface area contributed by atoms with E-state index in [1.807, 2.05) is 37.3 Å². The predicted octanol–water partition coefficient (Wildman–Crippen LogP) is 7.48. The number of barbiturate groups is 1. The van der Waals surface area contributed by atoms with Crippen molar-refractivity contribution in [2.45, 2.75) is 57.5 Å². The van der Waals surface area contributed by atoms with Crippen LogP contribution in [0.2, 0.25) is 0 Å². The zero-order valence-electron chi connectivity index (χ0n) is 24.9. The van der Waals surface area contributed by atoms with Crippen LogP contribution < -0.4 is 19.7 Å². The van der Waals surface area contributed by atoms with Crippen molar-refractivity contribution >= 4 is 45.5 Å². The Morgan fingerprint density at radius 1 is 0.955 bits per heavy atom. The summed E-state index contributed by atoms with van der Waals surface area (Å²) in [7, 11) is 1.53. The molecule has 1 N–H and O–H groups in total. The SMILES string of the molecule is COc1cc(/C=C2\C(=O)NC(=O)N(c3ccc(C45CC6CC(CC(C6)C4)C5)cc3)C2=O)cc(Br)c1OCc1cccc(C)c1. The number of hydrogen-bond donors (Lipinski definition) is 1. The first-order valence-electron chi connectivity index (χ1n) is 15.3. The highest BCUT2D eigenvalue weighted by molar-refractivity contribution is 9.10. The van der Waals surface area contributed by atoms with E-state index in [0.29, 0.717) is 33.8 Å². The number of hydrogen-bond acceptors (Lipinski definition) is 5. The first kappa shape index (κ1) is 28.8. The van der Waals surface area contributed by atoms with Crippen LogP contribution in [-0.4, -0.2) is 25.0 Å². The van der Waals surface area contributed by atoms with Crippen molar-refractivity contribution < 1.29 is 23.9 Å². The van der Waals surface area contributed by atoms with Crippen LogP contribution in [0.1, 0.15) is 60.8 Å². The van der Waals surface area contributed by atoms with Gasteiger partial charge in [-0.15, -0.1) is 0 Å². The molecule has 8 rings (SSSR count). The summed E-state index contributed by atoms with van der Waals surface area (Å²) in [5.41, 5.74) is 4.52. The molecule has 44 heavy (non-hydrogen) atoms. The average Bonchev–Trinajstić information content (AvgIpc) is 2.98. The topological polar surface area (TPSA) is 84.9 Å². The Bertz CT molecular complexity index is 1660. The number of rotatable bonds is 7. The maximum Gasteiger partial charge on any atom is 0.335 e. The molecule has 1 saturated heterocycles. The van der Waals surface area contributed by atoms with Gasteiger partial charge in [-0.25, -0.2) is 9.69 Å². The van der Waals surface area contributed by atoms with Crippen LogP contribution in [0.25, 0.3) is 6.08 Å². The summed E-state index contributed by atoms with van der Waals surface area (Å²) in [6.07, 6.45) is 9.28. The number of benzene rings is 3. The number of methoxy groups -OCH3 is 1. The third kappa shape index (κ3) is 5.23.